The van der Waals surface area contributed by atoms with E-state index in [1.54, 1.807) is 0 Å². The Kier molecular flexibility index (Phi) is 11.3. The topological polar surface area (TPSA) is 18.5 Å². The smallest absolute Gasteiger partial charge is 0.331 e. The Morgan fingerprint density at radius 3 is 1.41 bits per heavy atom. The van der Waals surface area contributed by atoms with Crippen LogP contribution in [0.1, 0.15) is 65.2 Å². The molecule has 3 heteroatoms. The van der Waals surface area contributed by atoms with Gasteiger partial charge in [-0.15, -0.1) is 0 Å². The summed E-state index contributed by atoms with van der Waals surface area (Å²) in [4.78, 5) is 0. The minimum atomic E-state index is -1.82. The average Bonchev–Trinajstić information content (AvgIpc) is 2.28. The van der Waals surface area contributed by atoms with E-state index in [-0.39, 0.29) is 0 Å². The molecule has 0 aromatic heterocycles. The highest BCUT2D eigenvalue weighted by atomic mass is 28.4. The van der Waals surface area contributed by atoms with E-state index >= 15 is 0 Å². The largest absolute Gasteiger partial charge is 0.395 e. The minimum Gasteiger partial charge on any atom is -0.395 e. The summed E-state index contributed by atoms with van der Waals surface area (Å²) < 4.78 is 11.8. The third-order valence-electron chi connectivity index (χ3n) is 2.90. The molecule has 0 aromatic rings. The summed E-state index contributed by atoms with van der Waals surface area (Å²) in [6.07, 6.45) is 10.2. The SMILES string of the molecule is CCCCCCO[Si](C)(C)OCCCCCC. The van der Waals surface area contributed by atoms with E-state index in [9.17, 15) is 0 Å². The van der Waals surface area contributed by atoms with Gasteiger partial charge in [-0.05, 0) is 25.9 Å². The second kappa shape index (κ2) is 11.2. The van der Waals surface area contributed by atoms with E-state index in [4.69, 9.17) is 8.85 Å². The first-order valence-corrected chi connectivity index (χ1v) is 10.2. The summed E-state index contributed by atoms with van der Waals surface area (Å²) in [5.41, 5.74) is 0. The van der Waals surface area contributed by atoms with Gasteiger partial charge in [0.15, 0.2) is 0 Å². The number of unbranched alkanes of at least 4 members (excludes halogenated alkanes) is 6. The normalized spacial score (nSPS) is 12.0. The Balaban J connectivity index is 3.38. The van der Waals surface area contributed by atoms with Crippen molar-refractivity contribution < 1.29 is 8.85 Å². The summed E-state index contributed by atoms with van der Waals surface area (Å²) in [6, 6.07) is 0. The van der Waals surface area contributed by atoms with Crippen LogP contribution in [0.3, 0.4) is 0 Å². The van der Waals surface area contributed by atoms with Gasteiger partial charge in [0.25, 0.3) is 0 Å². The molecule has 0 aliphatic heterocycles. The quantitative estimate of drug-likeness (QED) is 0.368. The molecule has 0 unspecified atom stereocenters. The van der Waals surface area contributed by atoms with E-state index in [1.165, 1.54) is 51.4 Å². The lowest BCUT2D eigenvalue weighted by Crippen LogP contribution is -2.35. The van der Waals surface area contributed by atoms with Crippen LogP contribution in [0.25, 0.3) is 0 Å². The molecule has 0 saturated heterocycles. The van der Waals surface area contributed by atoms with Crippen LogP contribution in [0.5, 0.6) is 0 Å². The van der Waals surface area contributed by atoms with Gasteiger partial charge < -0.3 is 8.85 Å². The molecule has 0 spiro atoms. The lowest BCUT2D eigenvalue weighted by molar-refractivity contribution is 0.173. The highest BCUT2D eigenvalue weighted by molar-refractivity contribution is 6.64. The molecule has 0 aromatic carbocycles. The molecule has 0 aliphatic rings. The van der Waals surface area contributed by atoms with E-state index < -0.39 is 8.56 Å². The van der Waals surface area contributed by atoms with Crippen molar-refractivity contribution in [1.29, 1.82) is 0 Å². The van der Waals surface area contributed by atoms with Crippen LogP contribution in [0, 0.1) is 0 Å². The van der Waals surface area contributed by atoms with Gasteiger partial charge in [-0.2, -0.15) is 0 Å². The van der Waals surface area contributed by atoms with Crippen molar-refractivity contribution in [2.45, 2.75) is 78.3 Å². The molecular weight excluding hydrogens is 228 g/mol. The van der Waals surface area contributed by atoms with Crippen LogP contribution < -0.4 is 0 Å². The predicted molar refractivity (Wildman–Crippen MR) is 77.7 cm³/mol. The first kappa shape index (κ1) is 17.1. The zero-order chi connectivity index (χ0) is 13.0. The van der Waals surface area contributed by atoms with Crippen LogP contribution in [-0.4, -0.2) is 21.8 Å². The van der Waals surface area contributed by atoms with Gasteiger partial charge in [0.2, 0.25) is 0 Å². The third-order valence-corrected chi connectivity index (χ3v) is 4.69. The first-order chi connectivity index (χ1) is 8.12. The van der Waals surface area contributed by atoms with E-state index in [0.717, 1.165) is 13.2 Å². The Morgan fingerprint density at radius 1 is 0.647 bits per heavy atom. The second-order valence-corrected chi connectivity index (χ2v) is 8.60. The molecule has 104 valence electrons. The van der Waals surface area contributed by atoms with Gasteiger partial charge in [-0.1, -0.05) is 52.4 Å². The molecule has 0 radical (unpaired) electrons. The van der Waals surface area contributed by atoms with Crippen molar-refractivity contribution in [3.63, 3.8) is 0 Å². The molecule has 0 rings (SSSR count). The molecular formula is C14H32O2Si. The fraction of sp³-hybridized carbons (Fsp3) is 1.00. The lowest BCUT2D eigenvalue weighted by atomic mass is 10.2. The first-order valence-electron chi connectivity index (χ1n) is 7.40. The van der Waals surface area contributed by atoms with Crippen LogP contribution in [0.4, 0.5) is 0 Å². The van der Waals surface area contributed by atoms with Crippen molar-refractivity contribution in [1.82, 2.24) is 0 Å². The van der Waals surface area contributed by atoms with E-state index in [0.29, 0.717) is 0 Å². The fourth-order valence-electron chi connectivity index (χ4n) is 1.74. The fourth-order valence-corrected chi connectivity index (χ4v) is 3.09. The van der Waals surface area contributed by atoms with Gasteiger partial charge >= 0.3 is 8.56 Å². The Morgan fingerprint density at radius 2 is 1.06 bits per heavy atom. The third kappa shape index (κ3) is 12.4. The molecule has 2 nitrogen and oxygen atoms in total. The van der Waals surface area contributed by atoms with Gasteiger partial charge in [-0.3, -0.25) is 0 Å². The van der Waals surface area contributed by atoms with Crippen molar-refractivity contribution in [3.05, 3.63) is 0 Å². The standard InChI is InChI=1S/C14H32O2Si/c1-5-7-9-11-13-15-17(3,4)16-14-12-10-8-6-2/h5-14H2,1-4H3. The molecule has 0 saturated carbocycles. The summed E-state index contributed by atoms with van der Waals surface area (Å²) in [5, 5.41) is 0. The number of hydrogen-bond acceptors (Lipinski definition) is 2. The Bertz CT molecular complexity index is 144. The molecule has 0 bridgehead atoms. The summed E-state index contributed by atoms with van der Waals surface area (Å²) in [7, 11) is -1.82. The Hall–Kier alpha value is 0.137. The highest BCUT2D eigenvalue weighted by Gasteiger charge is 2.23. The van der Waals surface area contributed by atoms with Crippen LogP contribution in [0.15, 0.2) is 0 Å². The molecule has 17 heavy (non-hydrogen) atoms. The predicted octanol–water partition coefficient (Wildman–Crippen LogP) is 4.88. The highest BCUT2D eigenvalue weighted by Crippen LogP contribution is 2.10. The zero-order valence-electron chi connectivity index (χ0n) is 12.4. The molecule has 0 N–H and O–H groups in total. The molecule has 0 atom stereocenters. The van der Waals surface area contributed by atoms with Crippen molar-refractivity contribution in [2.24, 2.45) is 0 Å². The van der Waals surface area contributed by atoms with Crippen molar-refractivity contribution in [3.8, 4) is 0 Å². The number of rotatable bonds is 12. The maximum Gasteiger partial charge on any atom is 0.331 e. The maximum atomic E-state index is 5.90. The Labute approximate surface area is 109 Å². The zero-order valence-corrected chi connectivity index (χ0v) is 13.4. The van der Waals surface area contributed by atoms with Gasteiger partial charge in [0.1, 0.15) is 0 Å². The van der Waals surface area contributed by atoms with Crippen molar-refractivity contribution in [2.75, 3.05) is 13.2 Å². The summed E-state index contributed by atoms with van der Waals surface area (Å²) in [6.45, 7) is 10.6. The summed E-state index contributed by atoms with van der Waals surface area (Å²) in [5.74, 6) is 0. The van der Waals surface area contributed by atoms with Gasteiger partial charge in [-0.25, -0.2) is 0 Å². The van der Waals surface area contributed by atoms with Gasteiger partial charge in [0, 0.05) is 13.2 Å². The van der Waals surface area contributed by atoms with Gasteiger partial charge in [0.05, 0.1) is 0 Å². The maximum absolute atomic E-state index is 5.90. The van der Waals surface area contributed by atoms with E-state index in [1.807, 2.05) is 0 Å². The van der Waals surface area contributed by atoms with Crippen LogP contribution >= 0.6 is 0 Å². The number of hydrogen-bond donors (Lipinski definition) is 0. The molecule has 0 heterocycles. The van der Waals surface area contributed by atoms with Crippen LogP contribution in [-0.2, 0) is 8.85 Å². The average molecular weight is 260 g/mol. The second-order valence-electron chi connectivity index (χ2n) is 5.22. The summed E-state index contributed by atoms with van der Waals surface area (Å²) >= 11 is 0. The molecule has 0 amide bonds. The van der Waals surface area contributed by atoms with E-state index in [2.05, 4.69) is 26.9 Å². The van der Waals surface area contributed by atoms with Crippen LogP contribution in [0.2, 0.25) is 13.1 Å². The minimum absolute atomic E-state index is 0.883. The monoisotopic (exact) mass is 260 g/mol. The van der Waals surface area contributed by atoms with Crippen molar-refractivity contribution >= 4 is 8.56 Å². The lowest BCUT2D eigenvalue weighted by Gasteiger charge is -2.22. The molecule has 0 fully saturated rings. The molecule has 0 aliphatic carbocycles.